The molecule has 28 heavy (non-hydrogen) atoms. The molecule has 4 unspecified atom stereocenters. The quantitative estimate of drug-likeness (QED) is 0.556. The molecular weight excluding hydrogens is 431 g/mol. The Bertz CT molecular complexity index is 978. The third-order valence-electron chi connectivity index (χ3n) is 5.08. The molecule has 0 aliphatic carbocycles. The van der Waals surface area contributed by atoms with E-state index in [1.807, 2.05) is 0 Å². The third-order valence-corrected chi connectivity index (χ3v) is 6.12. The van der Waals surface area contributed by atoms with Crippen molar-refractivity contribution in [2.45, 2.75) is 18.6 Å². The lowest BCUT2D eigenvalue weighted by Crippen LogP contribution is -2.42. The standard InChI is InChI=1S/C18H13Cl3N2O5/c19-7-4-9(13(21)10(20)5-7)14-11-12(15(22-14)18(26)27)17(25)23(16(11)24)6-8-2-1-3-28-8/h1-5,11-12,14-15,22H,6H2,(H,26,27). The summed E-state index contributed by atoms with van der Waals surface area (Å²) in [7, 11) is 0. The normalized spacial score (nSPS) is 26.8. The van der Waals surface area contributed by atoms with E-state index in [0.717, 1.165) is 4.90 Å². The summed E-state index contributed by atoms with van der Waals surface area (Å²) >= 11 is 18.5. The number of amides is 2. The predicted octanol–water partition coefficient (Wildman–Crippen LogP) is 3.14. The van der Waals surface area contributed by atoms with Gasteiger partial charge < -0.3 is 9.52 Å². The van der Waals surface area contributed by atoms with Gasteiger partial charge in [-0.2, -0.15) is 0 Å². The van der Waals surface area contributed by atoms with Crippen molar-refractivity contribution in [3.05, 3.63) is 56.9 Å². The average molecular weight is 444 g/mol. The molecule has 3 heterocycles. The highest BCUT2D eigenvalue weighted by molar-refractivity contribution is 6.43. The number of benzene rings is 1. The van der Waals surface area contributed by atoms with Gasteiger partial charge in [0.15, 0.2) is 0 Å². The number of carbonyl (C=O) groups is 3. The first-order chi connectivity index (χ1) is 13.3. The van der Waals surface area contributed by atoms with Gasteiger partial charge in [-0.3, -0.25) is 24.6 Å². The maximum atomic E-state index is 13.1. The number of likely N-dealkylation sites (tertiary alicyclic amines) is 1. The Morgan fingerprint density at radius 2 is 1.89 bits per heavy atom. The van der Waals surface area contributed by atoms with Gasteiger partial charge in [-0.25, -0.2) is 0 Å². The van der Waals surface area contributed by atoms with Crippen LogP contribution in [-0.2, 0) is 20.9 Å². The second kappa shape index (κ2) is 7.08. The Morgan fingerprint density at radius 3 is 2.54 bits per heavy atom. The van der Waals surface area contributed by atoms with Crippen molar-refractivity contribution in [2.75, 3.05) is 0 Å². The minimum atomic E-state index is -1.25. The summed E-state index contributed by atoms with van der Waals surface area (Å²) in [5.74, 6) is -3.91. The topological polar surface area (TPSA) is 99.8 Å². The van der Waals surface area contributed by atoms with Gasteiger partial charge in [0.05, 0.1) is 34.7 Å². The van der Waals surface area contributed by atoms with E-state index in [1.54, 1.807) is 12.1 Å². The maximum absolute atomic E-state index is 13.1. The van der Waals surface area contributed by atoms with Gasteiger partial charge >= 0.3 is 5.97 Å². The molecule has 146 valence electrons. The van der Waals surface area contributed by atoms with Gasteiger partial charge in [-0.05, 0) is 29.8 Å². The van der Waals surface area contributed by atoms with Crippen LogP contribution in [-0.4, -0.2) is 33.8 Å². The molecule has 2 aromatic rings. The number of rotatable bonds is 4. The number of fused-ring (bicyclic) bond motifs is 1. The SMILES string of the molecule is O=C(O)C1NC(c2cc(Cl)cc(Cl)c2Cl)C2C(=O)N(Cc3ccco3)C(=O)C12. The predicted molar refractivity (Wildman–Crippen MR) is 100 cm³/mol. The number of carboxylic acid groups (broad SMARTS) is 1. The van der Waals surface area contributed by atoms with Crippen LogP contribution in [0.5, 0.6) is 0 Å². The number of halogens is 3. The summed E-state index contributed by atoms with van der Waals surface area (Å²) in [6.45, 7) is -0.0687. The molecule has 1 aromatic carbocycles. The summed E-state index contributed by atoms with van der Waals surface area (Å²) in [5, 5.41) is 13.1. The van der Waals surface area contributed by atoms with Crippen LogP contribution in [0.25, 0.3) is 0 Å². The molecule has 4 rings (SSSR count). The minimum absolute atomic E-state index is 0.0687. The second-order valence-corrected chi connectivity index (χ2v) is 7.87. The van der Waals surface area contributed by atoms with E-state index in [-0.39, 0.29) is 21.6 Å². The molecule has 0 radical (unpaired) electrons. The number of hydrogen-bond acceptors (Lipinski definition) is 5. The summed E-state index contributed by atoms with van der Waals surface area (Å²) in [6.07, 6.45) is 1.43. The van der Waals surface area contributed by atoms with Crippen LogP contribution in [0, 0.1) is 11.8 Å². The Kier molecular flexibility index (Phi) is 4.87. The number of nitrogens with zero attached hydrogens (tertiary/aromatic N) is 1. The molecule has 0 spiro atoms. The number of imide groups is 1. The van der Waals surface area contributed by atoms with E-state index < -0.39 is 41.7 Å². The molecule has 0 saturated carbocycles. The molecule has 2 aliphatic heterocycles. The fourth-order valence-corrected chi connectivity index (χ4v) is 4.64. The smallest absolute Gasteiger partial charge is 0.321 e. The van der Waals surface area contributed by atoms with E-state index in [9.17, 15) is 19.5 Å². The van der Waals surface area contributed by atoms with Crippen molar-refractivity contribution >= 4 is 52.6 Å². The largest absolute Gasteiger partial charge is 0.480 e. The summed E-state index contributed by atoms with van der Waals surface area (Å²) in [5.41, 5.74) is 0.374. The third kappa shape index (κ3) is 2.99. The van der Waals surface area contributed by atoms with E-state index in [4.69, 9.17) is 39.2 Å². The maximum Gasteiger partial charge on any atom is 0.321 e. The zero-order valence-corrected chi connectivity index (χ0v) is 16.3. The molecule has 1 aromatic heterocycles. The van der Waals surface area contributed by atoms with Crippen molar-refractivity contribution in [3.63, 3.8) is 0 Å². The number of hydrogen-bond donors (Lipinski definition) is 2. The Balaban J connectivity index is 1.76. The Morgan fingerprint density at radius 1 is 1.18 bits per heavy atom. The van der Waals surface area contributed by atoms with Crippen molar-refractivity contribution < 1.29 is 23.9 Å². The van der Waals surface area contributed by atoms with Crippen LogP contribution in [0.1, 0.15) is 17.4 Å². The fraction of sp³-hybridized carbons (Fsp3) is 0.278. The Labute approximate surface area is 174 Å². The summed E-state index contributed by atoms with van der Waals surface area (Å²) in [4.78, 5) is 38.8. The monoisotopic (exact) mass is 442 g/mol. The van der Waals surface area contributed by atoms with E-state index in [2.05, 4.69) is 5.32 Å². The first-order valence-electron chi connectivity index (χ1n) is 8.30. The number of aliphatic carboxylic acids is 1. The number of carbonyl (C=O) groups excluding carboxylic acids is 2. The minimum Gasteiger partial charge on any atom is -0.480 e. The molecule has 7 nitrogen and oxygen atoms in total. The van der Waals surface area contributed by atoms with Gasteiger partial charge in [0, 0.05) is 11.1 Å². The number of furan rings is 1. The van der Waals surface area contributed by atoms with Crippen LogP contribution in [0.15, 0.2) is 34.9 Å². The summed E-state index contributed by atoms with van der Waals surface area (Å²) in [6, 6.07) is 4.16. The number of nitrogens with one attached hydrogen (secondary N) is 1. The lowest BCUT2D eigenvalue weighted by atomic mass is 9.86. The summed E-state index contributed by atoms with van der Waals surface area (Å²) < 4.78 is 5.22. The van der Waals surface area contributed by atoms with Crippen molar-refractivity contribution in [2.24, 2.45) is 11.8 Å². The molecule has 2 N–H and O–H groups in total. The molecule has 10 heteroatoms. The van der Waals surface area contributed by atoms with Gasteiger partial charge in [-0.1, -0.05) is 34.8 Å². The number of carboxylic acids is 1. The van der Waals surface area contributed by atoms with Crippen molar-refractivity contribution in [1.29, 1.82) is 0 Å². The van der Waals surface area contributed by atoms with Crippen LogP contribution < -0.4 is 5.32 Å². The lowest BCUT2D eigenvalue weighted by Gasteiger charge is -2.22. The van der Waals surface area contributed by atoms with E-state index in [1.165, 1.54) is 18.4 Å². The fourth-order valence-electron chi connectivity index (χ4n) is 3.90. The van der Waals surface area contributed by atoms with Crippen LogP contribution >= 0.6 is 34.8 Å². The highest BCUT2D eigenvalue weighted by atomic mass is 35.5. The van der Waals surface area contributed by atoms with Gasteiger partial charge in [-0.15, -0.1) is 0 Å². The van der Waals surface area contributed by atoms with Crippen LogP contribution in [0.4, 0.5) is 0 Å². The van der Waals surface area contributed by atoms with Crippen molar-refractivity contribution in [1.82, 2.24) is 10.2 Å². The van der Waals surface area contributed by atoms with Gasteiger partial charge in [0.1, 0.15) is 11.8 Å². The van der Waals surface area contributed by atoms with E-state index >= 15 is 0 Å². The zero-order chi connectivity index (χ0) is 20.2. The Hall–Kier alpha value is -2.06. The molecule has 4 atom stereocenters. The molecule has 2 aliphatic rings. The van der Waals surface area contributed by atoms with Crippen molar-refractivity contribution in [3.8, 4) is 0 Å². The van der Waals surface area contributed by atoms with Crippen LogP contribution in [0.2, 0.25) is 15.1 Å². The van der Waals surface area contributed by atoms with Gasteiger partial charge in [0.25, 0.3) is 0 Å². The first kappa shape index (κ1) is 19.3. The molecule has 0 bridgehead atoms. The second-order valence-electron chi connectivity index (χ2n) is 6.64. The average Bonchev–Trinajstić information content (AvgIpc) is 3.33. The lowest BCUT2D eigenvalue weighted by molar-refractivity contribution is -0.146. The molecule has 2 fully saturated rings. The first-order valence-corrected chi connectivity index (χ1v) is 9.44. The molecular formula is C18H13Cl3N2O5. The molecule has 2 amide bonds. The highest BCUT2D eigenvalue weighted by Crippen LogP contribution is 2.47. The van der Waals surface area contributed by atoms with E-state index in [0.29, 0.717) is 11.3 Å². The zero-order valence-electron chi connectivity index (χ0n) is 14.1. The molecule has 2 saturated heterocycles. The highest BCUT2D eigenvalue weighted by Gasteiger charge is 2.61. The van der Waals surface area contributed by atoms with Crippen LogP contribution in [0.3, 0.4) is 0 Å². The van der Waals surface area contributed by atoms with Gasteiger partial charge in [0.2, 0.25) is 11.8 Å².